The van der Waals surface area contributed by atoms with Crippen LogP contribution in [0.5, 0.6) is 5.75 Å². The van der Waals surface area contributed by atoms with Crippen LogP contribution < -0.4 is 4.74 Å². The maximum Gasteiger partial charge on any atom is 0.145 e. The van der Waals surface area contributed by atoms with E-state index in [1.807, 2.05) is 0 Å². The predicted molar refractivity (Wildman–Crippen MR) is 56.4 cm³/mol. The number of unbranched alkanes of at least 4 members (excludes halogenated alkanes) is 2. The standard InChI is InChI=1S/C11H14ClFO/c1-2-3-4-7-14-9-5-6-10(12)11(13)8-9/h5-6,8H,2-4,7H2,1H3. The van der Waals surface area contributed by atoms with Gasteiger partial charge in [0.25, 0.3) is 0 Å². The van der Waals surface area contributed by atoms with Gasteiger partial charge in [0.2, 0.25) is 0 Å². The first-order chi connectivity index (χ1) is 6.74. The number of hydrogen-bond donors (Lipinski definition) is 0. The Balaban J connectivity index is 2.39. The van der Waals surface area contributed by atoms with Gasteiger partial charge >= 0.3 is 0 Å². The average Bonchev–Trinajstić information content (AvgIpc) is 2.18. The molecule has 0 saturated carbocycles. The molecule has 0 amide bonds. The molecular weight excluding hydrogens is 203 g/mol. The molecule has 0 radical (unpaired) electrons. The molecule has 0 aliphatic heterocycles. The van der Waals surface area contributed by atoms with E-state index in [9.17, 15) is 4.39 Å². The van der Waals surface area contributed by atoms with Crippen molar-refractivity contribution in [2.24, 2.45) is 0 Å². The largest absolute Gasteiger partial charge is 0.493 e. The Labute approximate surface area is 88.8 Å². The van der Waals surface area contributed by atoms with Crippen LogP contribution in [-0.2, 0) is 0 Å². The van der Waals surface area contributed by atoms with Crippen LogP contribution in [0.3, 0.4) is 0 Å². The lowest BCUT2D eigenvalue weighted by Crippen LogP contribution is -1.97. The SMILES string of the molecule is CCCCCOc1ccc(Cl)c(F)c1. The highest BCUT2D eigenvalue weighted by atomic mass is 35.5. The van der Waals surface area contributed by atoms with E-state index in [2.05, 4.69) is 6.92 Å². The Hall–Kier alpha value is -0.760. The van der Waals surface area contributed by atoms with Gasteiger partial charge in [-0.1, -0.05) is 31.4 Å². The Morgan fingerprint density at radius 2 is 2.14 bits per heavy atom. The molecule has 3 heteroatoms. The third kappa shape index (κ3) is 3.54. The zero-order valence-electron chi connectivity index (χ0n) is 8.22. The zero-order valence-corrected chi connectivity index (χ0v) is 8.98. The summed E-state index contributed by atoms with van der Waals surface area (Å²) in [6, 6.07) is 4.50. The molecule has 0 fully saturated rings. The Morgan fingerprint density at radius 1 is 1.36 bits per heavy atom. The van der Waals surface area contributed by atoms with E-state index in [0.29, 0.717) is 12.4 Å². The summed E-state index contributed by atoms with van der Waals surface area (Å²) in [6.07, 6.45) is 3.29. The second-order valence-corrected chi connectivity index (χ2v) is 3.54. The minimum atomic E-state index is -0.431. The monoisotopic (exact) mass is 216 g/mol. The summed E-state index contributed by atoms with van der Waals surface area (Å²) in [4.78, 5) is 0. The number of halogens is 2. The second-order valence-electron chi connectivity index (χ2n) is 3.13. The summed E-state index contributed by atoms with van der Waals surface area (Å²) in [6.45, 7) is 2.76. The summed E-state index contributed by atoms with van der Waals surface area (Å²) in [7, 11) is 0. The number of benzene rings is 1. The van der Waals surface area contributed by atoms with Crippen LogP contribution in [0.25, 0.3) is 0 Å². The van der Waals surface area contributed by atoms with Gasteiger partial charge in [0.1, 0.15) is 11.6 Å². The molecule has 14 heavy (non-hydrogen) atoms. The Morgan fingerprint density at radius 3 is 2.79 bits per heavy atom. The number of rotatable bonds is 5. The molecule has 1 aromatic rings. The summed E-state index contributed by atoms with van der Waals surface area (Å²) >= 11 is 5.53. The third-order valence-corrected chi connectivity index (χ3v) is 2.21. The van der Waals surface area contributed by atoms with E-state index in [0.717, 1.165) is 19.3 Å². The first-order valence-corrected chi connectivity index (χ1v) is 5.19. The van der Waals surface area contributed by atoms with Crippen LogP contribution >= 0.6 is 11.6 Å². The molecule has 0 bridgehead atoms. The van der Waals surface area contributed by atoms with Crippen molar-refractivity contribution in [3.05, 3.63) is 29.0 Å². The van der Waals surface area contributed by atoms with Crippen molar-refractivity contribution < 1.29 is 9.13 Å². The average molecular weight is 217 g/mol. The Kier molecular flexibility index (Phi) is 4.74. The highest BCUT2D eigenvalue weighted by molar-refractivity contribution is 6.30. The normalized spacial score (nSPS) is 10.2. The third-order valence-electron chi connectivity index (χ3n) is 1.91. The molecule has 1 rings (SSSR count). The maximum absolute atomic E-state index is 12.9. The molecule has 0 saturated heterocycles. The summed E-state index contributed by atoms with van der Waals surface area (Å²) in [5.74, 6) is 0.114. The molecular formula is C11H14ClFO. The van der Waals surface area contributed by atoms with Gasteiger partial charge in [-0.15, -0.1) is 0 Å². The lowest BCUT2D eigenvalue weighted by atomic mass is 10.3. The summed E-state index contributed by atoms with van der Waals surface area (Å²) < 4.78 is 18.3. The van der Waals surface area contributed by atoms with Crippen molar-refractivity contribution in [1.29, 1.82) is 0 Å². The van der Waals surface area contributed by atoms with Gasteiger partial charge in [-0.3, -0.25) is 0 Å². The van der Waals surface area contributed by atoms with E-state index in [1.165, 1.54) is 12.1 Å². The molecule has 0 aromatic heterocycles. The van der Waals surface area contributed by atoms with Crippen molar-refractivity contribution in [2.45, 2.75) is 26.2 Å². The van der Waals surface area contributed by atoms with Crippen LogP contribution in [0, 0.1) is 5.82 Å². The Bertz CT molecular complexity index is 289. The van der Waals surface area contributed by atoms with Gasteiger partial charge in [0.05, 0.1) is 11.6 Å². The molecule has 1 nitrogen and oxygen atoms in total. The summed E-state index contributed by atoms with van der Waals surface area (Å²) in [5, 5.41) is 0.130. The van der Waals surface area contributed by atoms with E-state index >= 15 is 0 Å². The smallest absolute Gasteiger partial charge is 0.145 e. The van der Waals surface area contributed by atoms with Crippen LogP contribution in [0.4, 0.5) is 4.39 Å². The quantitative estimate of drug-likeness (QED) is 0.675. The maximum atomic E-state index is 12.9. The molecule has 0 atom stereocenters. The topological polar surface area (TPSA) is 9.23 Å². The minimum absolute atomic E-state index is 0.130. The van der Waals surface area contributed by atoms with Gasteiger partial charge in [0, 0.05) is 6.07 Å². The van der Waals surface area contributed by atoms with E-state index < -0.39 is 5.82 Å². The van der Waals surface area contributed by atoms with Gasteiger partial charge in [-0.25, -0.2) is 4.39 Å². The number of ether oxygens (including phenoxy) is 1. The van der Waals surface area contributed by atoms with Crippen LogP contribution in [0.1, 0.15) is 26.2 Å². The fraction of sp³-hybridized carbons (Fsp3) is 0.455. The zero-order chi connectivity index (χ0) is 10.4. The molecule has 78 valence electrons. The van der Waals surface area contributed by atoms with Crippen molar-refractivity contribution in [1.82, 2.24) is 0 Å². The lowest BCUT2D eigenvalue weighted by molar-refractivity contribution is 0.305. The predicted octanol–water partition coefficient (Wildman–Crippen LogP) is 4.05. The highest BCUT2D eigenvalue weighted by Gasteiger charge is 2.00. The fourth-order valence-electron chi connectivity index (χ4n) is 1.11. The van der Waals surface area contributed by atoms with Crippen molar-refractivity contribution in [3.63, 3.8) is 0 Å². The fourth-order valence-corrected chi connectivity index (χ4v) is 1.23. The first kappa shape index (κ1) is 11.3. The van der Waals surface area contributed by atoms with E-state index in [4.69, 9.17) is 16.3 Å². The van der Waals surface area contributed by atoms with Crippen molar-refractivity contribution in [2.75, 3.05) is 6.61 Å². The second kappa shape index (κ2) is 5.86. The molecule has 0 spiro atoms. The lowest BCUT2D eigenvalue weighted by Gasteiger charge is -2.05. The molecule has 0 aliphatic carbocycles. The first-order valence-electron chi connectivity index (χ1n) is 4.82. The molecule has 1 aromatic carbocycles. The van der Waals surface area contributed by atoms with Gasteiger partial charge in [-0.2, -0.15) is 0 Å². The van der Waals surface area contributed by atoms with Crippen LogP contribution in [-0.4, -0.2) is 6.61 Å². The van der Waals surface area contributed by atoms with Gasteiger partial charge in [0.15, 0.2) is 0 Å². The molecule has 0 unspecified atom stereocenters. The highest BCUT2D eigenvalue weighted by Crippen LogP contribution is 2.20. The van der Waals surface area contributed by atoms with E-state index in [1.54, 1.807) is 6.07 Å². The van der Waals surface area contributed by atoms with Crippen LogP contribution in [0.15, 0.2) is 18.2 Å². The van der Waals surface area contributed by atoms with Crippen molar-refractivity contribution in [3.8, 4) is 5.75 Å². The van der Waals surface area contributed by atoms with Crippen molar-refractivity contribution >= 4 is 11.6 Å². The molecule has 0 heterocycles. The van der Waals surface area contributed by atoms with Gasteiger partial charge in [-0.05, 0) is 18.6 Å². The minimum Gasteiger partial charge on any atom is -0.493 e. The number of hydrogen-bond acceptors (Lipinski definition) is 1. The summed E-state index contributed by atoms with van der Waals surface area (Å²) in [5.41, 5.74) is 0. The van der Waals surface area contributed by atoms with Gasteiger partial charge < -0.3 is 4.74 Å². The van der Waals surface area contributed by atoms with Crippen LogP contribution in [0.2, 0.25) is 5.02 Å². The molecule has 0 N–H and O–H groups in total. The molecule has 0 aliphatic rings. The van der Waals surface area contributed by atoms with E-state index in [-0.39, 0.29) is 5.02 Å².